The Morgan fingerprint density at radius 2 is 1.80 bits per heavy atom. The molecule has 1 nitrogen and oxygen atoms in total. The Labute approximate surface area is 122 Å². The second-order valence-electron chi connectivity index (χ2n) is 5.03. The molecule has 2 rings (SSSR count). The summed E-state index contributed by atoms with van der Waals surface area (Å²) in [4.78, 5) is 0. The van der Waals surface area contributed by atoms with E-state index in [0.717, 1.165) is 17.2 Å². The molecule has 0 aromatic heterocycles. The summed E-state index contributed by atoms with van der Waals surface area (Å²) in [6, 6.07) is 7.43. The van der Waals surface area contributed by atoms with E-state index in [0.29, 0.717) is 22.6 Å². The lowest BCUT2D eigenvalue weighted by Crippen LogP contribution is -2.16. The Balaban J connectivity index is 2.28. The first-order valence-corrected chi connectivity index (χ1v) is 6.72. The summed E-state index contributed by atoms with van der Waals surface area (Å²) in [7, 11) is 0. The lowest BCUT2D eigenvalue weighted by molar-refractivity contribution is 0.550. The molecule has 1 unspecified atom stereocenters. The van der Waals surface area contributed by atoms with Gasteiger partial charge in [-0.1, -0.05) is 23.7 Å². The molecule has 20 heavy (non-hydrogen) atoms. The van der Waals surface area contributed by atoms with Gasteiger partial charge in [-0.15, -0.1) is 0 Å². The monoisotopic (exact) mass is 295 g/mol. The van der Waals surface area contributed by atoms with Crippen LogP contribution in [-0.2, 0) is 6.42 Å². The fourth-order valence-electron chi connectivity index (χ4n) is 2.13. The smallest absolute Gasteiger partial charge is 0.130 e. The summed E-state index contributed by atoms with van der Waals surface area (Å²) in [5.74, 6) is -1.18. The number of hydrogen-bond acceptors (Lipinski definition) is 1. The van der Waals surface area contributed by atoms with Crippen molar-refractivity contribution >= 4 is 11.6 Å². The molecule has 0 bridgehead atoms. The van der Waals surface area contributed by atoms with Crippen LogP contribution in [0.3, 0.4) is 0 Å². The summed E-state index contributed by atoms with van der Waals surface area (Å²) in [5, 5.41) is 0.611. The van der Waals surface area contributed by atoms with Crippen LogP contribution >= 0.6 is 11.6 Å². The minimum atomic E-state index is -0.621. The first kappa shape index (κ1) is 14.9. The fraction of sp³-hybridized carbons (Fsp3) is 0.250. The van der Waals surface area contributed by atoms with Crippen LogP contribution in [0.1, 0.15) is 28.3 Å². The lowest BCUT2D eigenvalue weighted by Gasteiger charge is -2.15. The molecule has 0 heterocycles. The number of benzene rings is 2. The minimum absolute atomic E-state index is 0.306. The van der Waals surface area contributed by atoms with Crippen molar-refractivity contribution in [2.24, 2.45) is 5.73 Å². The van der Waals surface area contributed by atoms with Crippen LogP contribution in [0, 0.1) is 25.5 Å². The predicted molar refractivity (Wildman–Crippen MR) is 77.9 cm³/mol. The molecule has 0 aliphatic heterocycles. The number of aryl methyl sites for hydroxylation is 2. The standard InChI is InChI=1S/C16H16ClF2N/c1-9-3-4-11(13(17)5-9)7-16(20)12-6-10(2)14(18)8-15(12)19/h3-6,8,16H,7,20H2,1-2H3. The van der Waals surface area contributed by atoms with Crippen molar-refractivity contribution in [2.75, 3.05) is 0 Å². The molecule has 1 atom stereocenters. The van der Waals surface area contributed by atoms with Gasteiger partial charge in [0.05, 0.1) is 0 Å². The first-order valence-electron chi connectivity index (χ1n) is 6.34. The van der Waals surface area contributed by atoms with Crippen molar-refractivity contribution < 1.29 is 8.78 Å². The highest BCUT2D eigenvalue weighted by Crippen LogP contribution is 2.26. The molecule has 106 valence electrons. The number of hydrogen-bond donors (Lipinski definition) is 1. The highest BCUT2D eigenvalue weighted by Gasteiger charge is 2.16. The molecule has 0 saturated carbocycles. The normalized spacial score (nSPS) is 12.5. The zero-order valence-electron chi connectivity index (χ0n) is 11.4. The number of nitrogens with two attached hydrogens (primary N) is 1. The van der Waals surface area contributed by atoms with Gasteiger partial charge in [0.2, 0.25) is 0 Å². The third-order valence-electron chi connectivity index (χ3n) is 3.33. The minimum Gasteiger partial charge on any atom is -0.324 e. The second kappa shape index (κ2) is 5.90. The van der Waals surface area contributed by atoms with Gasteiger partial charge in [-0.05, 0) is 49.1 Å². The van der Waals surface area contributed by atoms with Crippen LogP contribution in [0.15, 0.2) is 30.3 Å². The van der Waals surface area contributed by atoms with E-state index in [2.05, 4.69) is 0 Å². The van der Waals surface area contributed by atoms with E-state index in [1.807, 2.05) is 25.1 Å². The van der Waals surface area contributed by atoms with Gasteiger partial charge in [-0.2, -0.15) is 0 Å². The Morgan fingerprint density at radius 3 is 2.45 bits per heavy atom. The van der Waals surface area contributed by atoms with Crippen molar-refractivity contribution in [1.82, 2.24) is 0 Å². The van der Waals surface area contributed by atoms with Gasteiger partial charge in [0.1, 0.15) is 11.6 Å². The van der Waals surface area contributed by atoms with Gasteiger partial charge in [-0.25, -0.2) is 8.78 Å². The average Bonchev–Trinajstić information content (AvgIpc) is 2.37. The van der Waals surface area contributed by atoms with E-state index in [-0.39, 0.29) is 0 Å². The highest BCUT2D eigenvalue weighted by atomic mass is 35.5. The molecule has 2 N–H and O–H groups in total. The third-order valence-corrected chi connectivity index (χ3v) is 3.68. The molecule has 0 aliphatic rings. The summed E-state index contributed by atoms with van der Waals surface area (Å²) < 4.78 is 27.1. The van der Waals surface area contributed by atoms with E-state index in [1.54, 1.807) is 6.92 Å². The Bertz CT molecular complexity index is 641. The number of rotatable bonds is 3. The molecule has 0 saturated heterocycles. The molecular weight excluding hydrogens is 280 g/mol. The van der Waals surface area contributed by atoms with Gasteiger partial charge in [0, 0.05) is 22.7 Å². The maximum absolute atomic E-state index is 13.8. The van der Waals surface area contributed by atoms with Gasteiger partial charge in [-0.3, -0.25) is 0 Å². The summed E-state index contributed by atoms with van der Waals surface area (Å²) in [6.45, 7) is 3.53. The maximum atomic E-state index is 13.8. The van der Waals surface area contributed by atoms with Crippen molar-refractivity contribution in [1.29, 1.82) is 0 Å². The molecular formula is C16H16ClF2N. The van der Waals surface area contributed by atoms with E-state index >= 15 is 0 Å². The fourth-order valence-corrected chi connectivity index (χ4v) is 2.44. The predicted octanol–water partition coefficient (Wildman–Crippen LogP) is 4.48. The van der Waals surface area contributed by atoms with Crippen LogP contribution < -0.4 is 5.73 Å². The third kappa shape index (κ3) is 3.17. The SMILES string of the molecule is Cc1ccc(CC(N)c2cc(C)c(F)cc2F)c(Cl)c1. The molecule has 0 amide bonds. The topological polar surface area (TPSA) is 26.0 Å². The lowest BCUT2D eigenvalue weighted by atomic mass is 9.97. The maximum Gasteiger partial charge on any atom is 0.130 e. The Morgan fingerprint density at radius 1 is 1.10 bits per heavy atom. The van der Waals surface area contributed by atoms with Crippen LogP contribution in [0.2, 0.25) is 5.02 Å². The quantitative estimate of drug-likeness (QED) is 0.888. The van der Waals surface area contributed by atoms with Crippen LogP contribution in [0.25, 0.3) is 0 Å². The Kier molecular flexibility index (Phi) is 4.41. The Hall–Kier alpha value is -1.45. The summed E-state index contributed by atoms with van der Waals surface area (Å²) in [6.07, 6.45) is 0.404. The van der Waals surface area contributed by atoms with Crippen LogP contribution in [0.4, 0.5) is 8.78 Å². The largest absolute Gasteiger partial charge is 0.324 e. The zero-order chi connectivity index (χ0) is 14.9. The second-order valence-corrected chi connectivity index (χ2v) is 5.44. The van der Waals surface area contributed by atoms with E-state index in [9.17, 15) is 8.78 Å². The van der Waals surface area contributed by atoms with Crippen molar-refractivity contribution in [3.05, 3.63) is 69.2 Å². The van der Waals surface area contributed by atoms with Crippen LogP contribution in [-0.4, -0.2) is 0 Å². The van der Waals surface area contributed by atoms with Gasteiger partial charge >= 0.3 is 0 Å². The molecule has 0 radical (unpaired) electrons. The molecule has 2 aromatic rings. The summed E-state index contributed by atoms with van der Waals surface area (Å²) >= 11 is 6.15. The highest BCUT2D eigenvalue weighted by molar-refractivity contribution is 6.31. The molecule has 2 aromatic carbocycles. The molecule has 0 fully saturated rings. The van der Waals surface area contributed by atoms with E-state index < -0.39 is 17.7 Å². The van der Waals surface area contributed by atoms with Gasteiger partial charge in [0.25, 0.3) is 0 Å². The first-order chi connectivity index (χ1) is 9.38. The zero-order valence-corrected chi connectivity index (χ0v) is 12.1. The van der Waals surface area contributed by atoms with Crippen molar-refractivity contribution in [2.45, 2.75) is 26.3 Å². The number of halogens is 3. The van der Waals surface area contributed by atoms with Crippen molar-refractivity contribution in [3.63, 3.8) is 0 Å². The molecule has 0 spiro atoms. The molecule has 0 aliphatic carbocycles. The summed E-state index contributed by atoms with van der Waals surface area (Å²) in [5.41, 5.74) is 8.62. The van der Waals surface area contributed by atoms with Crippen LogP contribution in [0.5, 0.6) is 0 Å². The molecule has 4 heteroatoms. The van der Waals surface area contributed by atoms with Gasteiger partial charge in [0.15, 0.2) is 0 Å². The van der Waals surface area contributed by atoms with E-state index in [4.69, 9.17) is 17.3 Å². The average molecular weight is 296 g/mol. The van der Waals surface area contributed by atoms with Gasteiger partial charge < -0.3 is 5.73 Å². The van der Waals surface area contributed by atoms with E-state index in [1.165, 1.54) is 6.07 Å². The van der Waals surface area contributed by atoms with Crippen molar-refractivity contribution in [3.8, 4) is 0 Å².